The van der Waals surface area contributed by atoms with E-state index in [4.69, 9.17) is 5.73 Å². The van der Waals surface area contributed by atoms with Gasteiger partial charge in [0.1, 0.15) is 0 Å². The number of hydrogen-bond acceptors (Lipinski definition) is 3. The Labute approximate surface area is 86.0 Å². The molecule has 2 aliphatic rings. The van der Waals surface area contributed by atoms with Crippen LogP contribution in [0.5, 0.6) is 0 Å². The highest BCUT2D eigenvalue weighted by atomic mass is 16.1. The Bertz CT molecular complexity index is 182. The molecule has 2 rings (SSSR count). The largest absolute Gasteiger partial charge is 0.387 e. The van der Waals surface area contributed by atoms with E-state index in [2.05, 4.69) is 10.3 Å². The molecule has 2 aliphatic heterocycles. The number of rotatable bonds is 0. The van der Waals surface area contributed by atoms with Crippen molar-refractivity contribution in [2.24, 2.45) is 10.7 Å². The molecular formula is C10H21N3O. The van der Waals surface area contributed by atoms with E-state index in [9.17, 15) is 4.79 Å². The first-order valence-electron chi connectivity index (χ1n) is 5.34. The molecule has 3 N–H and O–H groups in total. The van der Waals surface area contributed by atoms with Crippen LogP contribution in [0.1, 0.15) is 39.5 Å². The molecule has 0 spiro atoms. The van der Waals surface area contributed by atoms with Gasteiger partial charge in [0.15, 0.2) is 0 Å². The quantitative estimate of drug-likeness (QED) is 0.612. The first kappa shape index (κ1) is 12.9. The summed E-state index contributed by atoms with van der Waals surface area (Å²) < 4.78 is 0. The summed E-state index contributed by atoms with van der Waals surface area (Å²) in [5.74, 6) is 1.03. The zero-order chi connectivity index (χ0) is 10.8. The smallest absolute Gasteiger partial charge is 0.220 e. The maximum atomic E-state index is 10.1. The highest BCUT2D eigenvalue weighted by Crippen LogP contribution is 1.97. The van der Waals surface area contributed by atoms with E-state index < -0.39 is 0 Å². The van der Waals surface area contributed by atoms with E-state index >= 15 is 0 Å². The summed E-state index contributed by atoms with van der Waals surface area (Å²) in [4.78, 5) is 14.1. The van der Waals surface area contributed by atoms with Crippen molar-refractivity contribution in [3.05, 3.63) is 0 Å². The Morgan fingerprint density at radius 1 is 1.29 bits per heavy atom. The monoisotopic (exact) mass is 199 g/mol. The average molecular weight is 199 g/mol. The number of amidine groups is 1. The Morgan fingerprint density at radius 2 is 2.00 bits per heavy atom. The predicted molar refractivity (Wildman–Crippen MR) is 59.3 cm³/mol. The van der Waals surface area contributed by atoms with Crippen molar-refractivity contribution in [1.82, 2.24) is 5.32 Å². The minimum Gasteiger partial charge on any atom is -0.387 e. The second-order valence-electron chi connectivity index (χ2n) is 2.93. The molecule has 0 saturated carbocycles. The SMILES string of the molecule is CC.NC1=NCCC1.O=C1CCCN1. The molecule has 0 aromatic rings. The van der Waals surface area contributed by atoms with Crippen LogP contribution in [0.3, 0.4) is 0 Å². The standard InChI is InChI=1S/C4H8N2.C4H7NO.C2H6/c5-4-2-1-3-6-4;6-4-2-1-3-5-4;1-2/h1-3H2,(H2,5,6);1-3H2,(H,5,6);1-2H3. The normalized spacial score (nSPS) is 18.4. The molecule has 4 nitrogen and oxygen atoms in total. The van der Waals surface area contributed by atoms with E-state index in [1.54, 1.807) is 0 Å². The lowest BCUT2D eigenvalue weighted by molar-refractivity contribution is -0.119. The third-order valence-electron chi connectivity index (χ3n) is 1.81. The number of nitrogens with zero attached hydrogens (tertiary/aromatic N) is 1. The Kier molecular flexibility index (Phi) is 7.89. The predicted octanol–water partition coefficient (Wildman–Crippen LogP) is 1.06. The van der Waals surface area contributed by atoms with Gasteiger partial charge in [0.05, 0.1) is 5.84 Å². The van der Waals surface area contributed by atoms with Crippen LogP contribution in [0.2, 0.25) is 0 Å². The van der Waals surface area contributed by atoms with Crippen LogP contribution < -0.4 is 11.1 Å². The van der Waals surface area contributed by atoms with E-state index in [1.165, 1.54) is 0 Å². The third-order valence-corrected chi connectivity index (χ3v) is 1.81. The maximum absolute atomic E-state index is 10.1. The molecule has 0 atom stereocenters. The van der Waals surface area contributed by atoms with Crippen LogP contribution in [0, 0.1) is 0 Å². The van der Waals surface area contributed by atoms with Crippen molar-refractivity contribution < 1.29 is 4.79 Å². The van der Waals surface area contributed by atoms with Crippen molar-refractivity contribution in [2.45, 2.75) is 39.5 Å². The second kappa shape index (κ2) is 8.53. The van der Waals surface area contributed by atoms with Gasteiger partial charge in [-0.1, -0.05) is 13.8 Å². The lowest BCUT2D eigenvalue weighted by Gasteiger charge is -1.80. The van der Waals surface area contributed by atoms with Gasteiger partial charge in [-0.15, -0.1) is 0 Å². The van der Waals surface area contributed by atoms with Gasteiger partial charge in [-0.3, -0.25) is 9.79 Å². The van der Waals surface area contributed by atoms with Crippen LogP contribution >= 0.6 is 0 Å². The molecule has 1 amide bonds. The van der Waals surface area contributed by atoms with Gasteiger partial charge in [0, 0.05) is 25.9 Å². The van der Waals surface area contributed by atoms with Crippen LogP contribution in [0.15, 0.2) is 4.99 Å². The fourth-order valence-corrected chi connectivity index (χ4v) is 1.13. The number of hydrogen-bond donors (Lipinski definition) is 2. The summed E-state index contributed by atoms with van der Waals surface area (Å²) in [5.41, 5.74) is 5.28. The highest BCUT2D eigenvalue weighted by molar-refractivity contribution is 5.81. The number of amides is 1. The maximum Gasteiger partial charge on any atom is 0.220 e. The zero-order valence-electron chi connectivity index (χ0n) is 9.18. The van der Waals surface area contributed by atoms with Gasteiger partial charge in [-0.2, -0.15) is 0 Å². The molecule has 0 radical (unpaired) electrons. The summed E-state index contributed by atoms with van der Waals surface area (Å²) in [7, 11) is 0. The van der Waals surface area contributed by atoms with Crippen LogP contribution in [-0.2, 0) is 4.79 Å². The lowest BCUT2D eigenvalue weighted by Crippen LogP contribution is -2.12. The molecule has 1 saturated heterocycles. The third kappa shape index (κ3) is 6.46. The molecule has 82 valence electrons. The molecule has 1 fully saturated rings. The van der Waals surface area contributed by atoms with E-state index in [0.717, 1.165) is 44.6 Å². The number of nitrogens with one attached hydrogen (secondary N) is 1. The zero-order valence-corrected chi connectivity index (χ0v) is 9.18. The minimum atomic E-state index is 0.204. The average Bonchev–Trinajstić information content (AvgIpc) is 2.83. The van der Waals surface area contributed by atoms with E-state index in [0.29, 0.717) is 0 Å². The summed E-state index contributed by atoms with van der Waals surface area (Å²) in [6, 6.07) is 0. The molecule has 0 aromatic carbocycles. The molecule has 0 bridgehead atoms. The van der Waals surface area contributed by atoms with Gasteiger partial charge in [0.25, 0.3) is 0 Å². The van der Waals surface area contributed by atoms with Gasteiger partial charge >= 0.3 is 0 Å². The van der Waals surface area contributed by atoms with Crippen molar-refractivity contribution in [1.29, 1.82) is 0 Å². The van der Waals surface area contributed by atoms with Crippen molar-refractivity contribution in [3.63, 3.8) is 0 Å². The number of carbonyl (C=O) groups excluding carboxylic acids is 1. The van der Waals surface area contributed by atoms with Crippen molar-refractivity contribution >= 4 is 11.7 Å². The van der Waals surface area contributed by atoms with E-state index in [1.807, 2.05) is 13.8 Å². The summed E-state index contributed by atoms with van der Waals surface area (Å²) in [6.07, 6.45) is 3.94. The van der Waals surface area contributed by atoms with Gasteiger partial charge in [-0.25, -0.2) is 0 Å². The van der Waals surface area contributed by atoms with Crippen LogP contribution in [-0.4, -0.2) is 24.8 Å². The Morgan fingerprint density at radius 3 is 2.14 bits per heavy atom. The first-order valence-corrected chi connectivity index (χ1v) is 5.34. The molecule has 0 aliphatic carbocycles. The summed E-state index contributed by atoms with van der Waals surface area (Å²) >= 11 is 0. The molecule has 14 heavy (non-hydrogen) atoms. The molecule has 2 heterocycles. The Hall–Kier alpha value is -1.06. The highest BCUT2D eigenvalue weighted by Gasteiger charge is 2.05. The number of carbonyl (C=O) groups is 1. The van der Waals surface area contributed by atoms with Gasteiger partial charge in [-0.05, 0) is 12.8 Å². The first-order chi connectivity index (χ1) is 6.79. The lowest BCUT2D eigenvalue weighted by atomic mass is 10.3. The van der Waals surface area contributed by atoms with Gasteiger partial charge < -0.3 is 11.1 Å². The van der Waals surface area contributed by atoms with E-state index in [-0.39, 0.29) is 5.91 Å². The fourth-order valence-electron chi connectivity index (χ4n) is 1.13. The topological polar surface area (TPSA) is 67.5 Å². The second-order valence-corrected chi connectivity index (χ2v) is 2.93. The number of aliphatic imine (C=N–C) groups is 1. The number of nitrogens with two attached hydrogens (primary N) is 1. The van der Waals surface area contributed by atoms with Gasteiger partial charge in [0.2, 0.25) is 5.91 Å². The van der Waals surface area contributed by atoms with Crippen molar-refractivity contribution in [3.8, 4) is 0 Å². The Balaban J connectivity index is 0.000000206. The molecular weight excluding hydrogens is 178 g/mol. The van der Waals surface area contributed by atoms with Crippen molar-refractivity contribution in [2.75, 3.05) is 13.1 Å². The molecule has 4 heteroatoms. The minimum absolute atomic E-state index is 0.204. The molecule has 0 aromatic heterocycles. The van der Waals surface area contributed by atoms with Crippen LogP contribution in [0.4, 0.5) is 0 Å². The van der Waals surface area contributed by atoms with Crippen LogP contribution in [0.25, 0.3) is 0 Å². The summed E-state index contributed by atoms with van der Waals surface area (Å²) in [5, 5.41) is 2.68. The fraction of sp³-hybridized carbons (Fsp3) is 0.800. The molecule has 0 unspecified atom stereocenters. The summed E-state index contributed by atoms with van der Waals surface area (Å²) in [6.45, 7) is 5.84.